The predicted molar refractivity (Wildman–Crippen MR) is 46.1 cm³/mol. The fraction of sp³-hybridized carbons (Fsp3) is 1.00. The van der Waals surface area contributed by atoms with Crippen LogP contribution < -0.4 is 10.7 Å². The van der Waals surface area contributed by atoms with Gasteiger partial charge in [0.1, 0.15) is 0 Å². The van der Waals surface area contributed by atoms with E-state index in [2.05, 4.69) is 27.7 Å². The minimum Gasteiger partial charge on any atom is -0.307 e. The second kappa shape index (κ2) is 4.66. The highest BCUT2D eigenvalue weighted by atomic mass is 15.5. The Labute approximate surface area is 68.5 Å². The minimum atomic E-state index is 0.865. The van der Waals surface area contributed by atoms with Crippen LogP contribution in [0.4, 0.5) is 0 Å². The van der Waals surface area contributed by atoms with Crippen LogP contribution in [0.3, 0.4) is 0 Å². The van der Waals surface area contributed by atoms with E-state index in [0.717, 1.165) is 32.8 Å². The summed E-state index contributed by atoms with van der Waals surface area (Å²) in [5.41, 5.74) is 3.29. The SMILES string of the molecule is CNCNN1CCN(C)CC1. The zero-order chi connectivity index (χ0) is 8.10. The molecule has 1 aliphatic heterocycles. The molecule has 1 heterocycles. The first-order chi connectivity index (χ1) is 5.33. The molecule has 0 unspecified atom stereocenters. The van der Waals surface area contributed by atoms with Crippen LogP contribution in [0.1, 0.15) is 0 Å². The van der Waals surface area contributed by atoms with Crippen LogP contribution in [0.25, 0.3) is 0 Å². The first kappa shape index (κ1) is 8.93. The van der Waals surface area contributed by atoms with Crippen LogP contribution in [-0.4, -0.2) is 56.9 Å². The molecule has 0 spiro atoms. The van der Waals surface area contributed by atoms with Gasteiger partial charge in [0.05, 0.1) is 6.67 Å². The quantitative estimate of drug-likeness (QED) is 0.511. The normalized spacial score (nSPS) is 22.4. The molecule has 0 amide bonds. The molecule has 0 radical (unpaired) electrons. The Morgan fingerprint density at radius 1 is 1.18 bits per heavy atom. The summed E-state index contributed by atoms with van der Waals surface area (Å²) in [5, 5.41) is 5.32. The summed E-state index contributed by atoms with van der Waals surface area (Å²) < 4.78 is 0. The van der Waals surface area contributed by atoms with Crippen molar-refractivity contribution in [2.75, 3.05) is 46.9 Å². The lowest BCUT2D eigenvalue weighted by molar-refractivity contribution is 0.102. The summed E-state index contributed by atoms with van der Waals surface area (Å²) >= 11 is 0. The van der Waals surface area contributed by atoms with E-state index in [1.807, 2.05) is 7.05 Å². The van der Waals surface area contributed by atoms with Crippen molar-refractivity contribution in [2.45, 2.75) is 0 Å². The summed E-state index contributed by atoms with van der Waals surface area (Å²) in [7, 11) is 4.11. The molecule has 4 nitrogen and oxygen atoms in total. The molecule has 1 aliphatic rings. The van der Waals surface area contributed by atoms with Gasteiger partial charge in [-0.3, -0.25) is 0 Å². The second-order valence-corrected chi connectivity index (χ2v) is 2.98. The van der Waals surface area contributed by atoms with Crippen LogP contribution in [0, 0.1) is 0 Å². The van der Waals surface area contributed by atoms with Crippen molar-refractivity contribution in [3.63, 3.8) is 0 Å². The highest BCUT2D eigenvalue weighted by molar-refractivity contribution is 4.65. The Balaban J connectivity index is 2.07. The van der Waals surface area contributed by atoms with E-state index < -0.39 is 0 Å². The Kier molecular flexibility index (Phi) is 3.79. The molecule has 1 fully saturated rings. The third-order valence-corrected chi connectivity index (χ3v) is 1.98. The average Bonchev–Trinajstić information content (AvgIpc) is 2.04. The van der Waals surface area contributed by atoms with Gasteiger partial charge in [-0.05, 0) is 14.1 Å². The van der Waals surface area contributed by atoms with E-state index in [0.29, 0.717) is 0 Å². The van der Waals surface area contributed by atoms with E-state index in [1.54, 1.807) is 0 Å². The summed E-state index contributed by atoms with van der Waals surface area (Å²) in [6, 6.07) is 0. The zero-order valence-electron chi connectivity index (χ0n) is 7.43. The number of hydrogen-bond donors (Lipinski definition) is 2. The van der Waals surface area contributed by atoms with Gasteiger partial charge >= 0.3 is 0 Å². The number of piperazine rings is 1. The molecule has 11 heavy (non-hydrogen) atoms. The predicted octanol–water partition coefficient (Wildman–Crippen LogP) is -1.08. The number of nitrogens with one attached hydrogen (secondary N) is 2. The number of hydrazine groups is 1. The number of nitrogens with zero attached hydrogens (tertiary/aromatic N) is 2. The lowest BCUT2D eigenvalue weighted by Gasteiger charge is -2.32. The maximum Gasteiger partial charge on any atom is 0.0589 e. The second-order valence-electron chi connectivity index (χ2n) is 2.98. The summed E-state index contributed by atoms with van der Waals surface area (Å²) in [6.07, 6.45) is 0. The minimum absolute atomic E-state index is 0.865. The fourth-order valence-electron chi connectivity index (χ4n) is 1.16. The summed E-state index contributed by atoms with van der Waals surface area (Å²) in [5.74, 6) is 0. The molecule has 0 aliphatic carbocycles. The van der Waals surface area contributed by atoms with E-state index in [9.17, 15) is 0 Å². The standard InChI is InChI=1S/C7H18N4/c1-8-7-9-11-5-3-10(2)4-6-11/h8-9H,3-7H2,1-2H3. The first-order valence-electron chi connectivity index (χ1n) is 4.14. The molecule has 0 saturated carbocycles. The molecule has 0 aromatic heterocycles. The molecule has 66 valence electrons. The fourth-order valence-corrected chi connectivity index (χ4v) is 1.16. The van der Waals surface area contributed by atoms with Gasteiger partial charge in [0, 0.05) is 26.2 Å². The summed E-state index contributed by atoms with van der Waals surface area (Å²) in [6.45, 7) is 5.44. The molecule has 1 rings (SSSR count). The van der Waals surface area contributed by atoms with Crippen LogP contribution in [0.15, 0.2) is 0 Å². The number of likely N-dealkylation sites (N-methyl/N-ethyl adjacent to an activating group) is 1. The smallest absolute Gasteiger partial charge is 0.0589 e. The molecule has 0 bridgehead atoms. The van der Waals surface area contributed by atoms with Crippen LogP contribution in [0.2, 0.25) is 0 Å². The van der Waals surface area contributed by atoms with E-state index in [4.69, 9.17) is 0 Å². The highest BCUT2D eigenvalue weighted by Gasteiger charge is 2.11. The van der Waals surface area contributed by atoms with E-state index >= 15 is 0 Å². The Bertz CT molecular complexity index is 95.9. The molecule has 4 heteroatoms. The van der Waals surface area contributed by atoms with Crippen LogP contribution in [-0.2, 0) is 0 Å². The Hall–Kier alpha value is -0.160. The lowest BCUT2D eigenvalue weighted by atomic mass is 10.4. The van der Waals surface area contributed by atoms with E-state index in [1.165, 1.54) is 0 Å². The van der Waals surface area contributed by atoms with Gasteiger partial charge in [0.25, 0.3) is 0 Å². The summed E-state index contributed by atoms with van der Waals surface area (Å²) in [4.78, 5) is 2.34. The van der Waals surface area contributed by atoms with Gasteiger partial charge in [0.15, 0.2) is 0 Å². The van der Waals surface area contributed by atoms with E-state index in [-0.39, 0.29) is 0 Å². The Morgan fingerprint density at radius 2 is 1.82 bits per heavy atom. The topological polar surface area (TPSA) is 30.5 Å². The van der Waals surface area contributed by atoms with Gasteiger partial charge in [-0.2, -0.15) is 0 Å². The van der Waals surface area contributed by atoms with Gasteiger partial charge in [-0.1, -0.05) is 0 Å². The molecular weight excluding hydrogens is 140 g/mol. The van der Waals surface area contributed by atoms with Crippen molar-refractivity contribution >= 4 is 0 Å². The largest absolute Gasteiger partial charge is 0.307 e. The van der Waals surface area contributed by atoms with Crippen molar-refractivity contribution in [1.29, 1.82) is 0 Å². The first-order valence-corrected chi connectivity index (χ1v) is 4.14. The van der Waals surface area contributed by atoms with Crippen molar-refractivity contribution in [2.24, 2.45) is 0 Å². The van der Waals surface area contributed by atoms with Crippen molar-refractivity contribution in [3.05, 3.63) is 0 Å². The van der Waals surface area contributed by atoms with Gasteiger partial charge in [-0.15, -0.1) is 0 Å². The third kappa shape index (κ3) is 3.16. The number of hydrogen-bond acceptors (Lipinski definition) is 4. The van der Waals surface area contributed by atoms with Gasteiger partial charge < -0.3 is 10.2 Å². The van der Waals surface area contributed by atoms with Crippen LogP contribution >= 0.6 is 0 Å². The average molecular weight is 158 g/mol. The van der Waals surface area contributed by atoms with Gasteiger partial charge in [0.2, 0.25) is 0 Å². The monoisotopic (exact) mass is 158 g/mol. The van der Waals surface area contributed by atoms with Gasteiger partial charge in [-0.25, -0.2) is 10.4 Å². The van der Waals surface area contributed by atoms with Crippen LogP contribution in [0.5, 0.6) is 0 Å². The van der Waals surface area contributed by atoms with Crippen molar-refractivity contribution in [1.82, 2.24) is 20.7 Å². The third-order valence-electron chi connectivity index (χ3n) is 1.98. The maximum absolute atomic E-state index is 3.29. The van der Waals surface area contributed by atoms with Crippen molar-refractivity contribution < 1.29 is 0 Å². The molecular formula is C7H18N4. The molecule has 2 N–H and O–H groups in total. The highest BCUT2D eigenvalue weighted by Crippen LogP contribution is 1.93. The maximum atomic E-state index is 3.29. The Morgan fingerprint density at radius 3 is 2.36 bits per heavy atom. The van der Waals surface area contributed by atoms with Crippen molar-refractivity contribution in [3.8, 4) is 0 Å². The lowest BCUT2D eigenvalue weighted by Crippen LogP contribution is -2.52. The molecule has 1 saturated heterocycles. The zero-order valence-corrected chi connectivity index (χ0v) is 7.43. The molecule has 0 atom stereocenters. The molecule has 0 aromatic carbocycles. The molecule has 0 aromatic rings. The number of rotatable bonds is 3.